The second-order valence-corrected chi connectivity index (χ2v) is 7.04. The van der Waals surface area contributed by atoms with Crippen LogP contribution in [0.1, 0.15) is 40.8 Å². The van der Waals surface area contributed by atoms with Gasteiger partial charge in [-0.2, -0.15) is 13.2 Å². The second-order valence-electron chi connectivity index (χ2n) is 6.63. The van der Waals surface area contributed by atoms with Crippen molar-refractivity contribution in [2.24, 2.45) is 0 Å². The van der Waals surface area contributed by atoms with E-state index in [1.54, 1.807) is 6.92 Å². The van der Waals surface area contributed by atoms with Crippen LogP contribution < -0.4 is 10.6 Å². The zero-order chi connectivity index (χ0) is 21.2. The smallest absolute Gasteiger partial charge is 0.341 e. The average molecular weight is 413 g/mol. The third-order valence-electron chi connectivity index (χ3n) is 4.43. The van der Waals surface area contributed by atoms with Crippen molar-refractivity contribution >= 4 is 29.1 Å². The van der Waals surface area contributed by atoms with E-state index in [2.05, 4.69) is 10.6 Å². The summed E-state index contributed by atoms with van der Waals surface area (Å²) in [4.78, 5) is 24.3. The molecule has 0 saturated heterocycles. The zero-order valence-corrected chi connectivity index (χ0v) is 16.5. The van der Waals surface area contributed by atoms with Crippen molar-refractivity contribution in [1.29, 1.82) is 0 Å². The van der Waals surface area contributed by atoms with Gasteiger partial charge in [-0.3, -0.25) is 9.59 Å². The number of rotatable bonds is 3. The second kappa shape index (κ2) is 8.22. The van der Waals surface area contributed by atoms with Crippen LogP contribution in [0.5, 0.6) is 0 Å². The summed E-state index contributed by atoms with van der Waals surface area (Å²) in [5, 5.41) is 4.23. The van der Waals surface area contributed by atoms with Crippen LogP contribution in [0.25, 0.3) is 0 Å². The molecule has 4 nitrogen and oxygen atoms in total. The Balaban J connectivity index is 2.12. The van der Waals surface area contributed by atoms with E-state index in [9.17, 15) is 22.8 Å². The third-order valence-corrected chi connectivity index (χ3v) is 4.76. The van der Waals surface area contributed by atoms with Crippen LogP contribution in [0.15, 0.2) is 30.3 Å². The van der Waals surface area contributed by atoms with Crippen molar-refractivity contribution in [3.05, 3.63) is 63.2 Å². The number of nitrogens with one attached hydrogen (secondary N) is 2. The molecule has 0 aliphatic rings. The predicted molar refractivity (Wildman–Crippen MR) is 102 cm³/mol. The first-order valence-corrected chi connectivity index (χ1v) is 8.84. The number of carbonyl (C=O) groups is 2. The van der Waals surface area contributed by atoms with Crippen LogP contribution in [0.4, 0.5) is 18.9 Å². The Bertz CT molecular complexity index is 926. The molecule has 0 bridgehead atoms. The van der Waals surface area contributed by atoms with E-state index in [1.807, 2.05) is 32.9 Å². The van der Waals surface area contributed by atoms with E-state index >= 15 is 0 Å². The van der Waals surface area contributed by atoms with Crippen LogP contribution >= 0.6 is 11.6 Å². The third kappa shape index (κ3) is 5.04. The lowest BCUT2D eigenvalue weighted by Crippen LogP contribution is -2.37. The zero-order valence-electron chi connectivity index (χ0n) is 15.8. The highest BCUT2D eigenvalue weighted by atomic mass is 35.5. The maximum absolute atomic E-state index is 12.9. The van der Waals surface area contributed by atoms with Gasteiger partial charge in [-0.1, -0.05) is 23.7 Å². The van der Waals surface area contributed by atoms with Crippen molar-refractivity contribution in [2.45, 2.75) is 39.9 Å². The van der Waals surface area contributed by atoms with Gasteiger partial charge in [-0.25, -0.2) is 0 Å². The Kier molecular flexibility index (Phi) is 6.39. The maximum Gasteiger partial charge on any atom is 0.417 e. The van der Waals surface area contributed by atoms with Gasteiger partial charge in [-0.15, -0.1) is 0 Å². The molecule has 0 saturated carbocycles. The Morgan fingerprint density at radius 1 is 0.964 bits per heavy atom. The lowest BCUT2D eigenvalue weighted by atomic mass is 9.96. The topological polar surface area (TPSA) is 58.2 Å². The van der Waals surface area contributed by atoms with Gasteiger partial charge in [0.05, 0.1) is 16.6 Å². The molecule has 1 unspecified atom stereocenters. The van der Waals surface area contributed by atoms with Crippen molar-refractivity contribution in [1.82, 2.24) is 5.32 Å². The summed E-state index contributed by atoms with van der Waals surface area (Å²) in [7, 11) is 0. The van der Waals surface area contributed by atoms with Gasteiger partial charge in [0.25, 0.3) is 0 Å². The SMILES string of the molecule is Cc1cc(C)c(C(C)NC(=O)C(=O)Nc2ccc(Cl)c(C(F)(F)F)c2)cc1C. The molecule has 0 spiro atoms. The summed E-state index contributed by atoms with van der Waals surface area (Å²) < 4.78 is 38.7. The van der Waals surface area contributed by atoms with E-state index < -0.39 is 34.6 Å². The van der Waals surface area contributed by atoms with Crippen LogP contribution in [-0.2, 0) is 15.8 Å². The molecule has 0 heterocycles. The van der Waals surface area contributed by atoms with E-state index in [0.29, 0.717) is 6.07 Å². The summed E-state index contributed by atoms with van der Waals surface area (Å²) >= 11 is 5.54. The van der Waals surface area contributed by atoms with E-state index in [0.717, 1.165) is 28.3 Å². The van der Waals surface area contributed by atoms with Gasteiger partial charge in [0.15, 0.2) is 0 Å². The van der Waals surface area contributed by atoms with Gasteiger partial charge in [0.1, 0.15) is 0 Å². The molecule has 150 valence electrons. The molecule has 1 atom stereocenters. The fourth-order valence-corrected chi connectivity index (χ4v) is 3.02. The number of alkyl halides is 3. The van der Waals surface area contributed by atoms with E-state index in [1.165, 1.54) is 6.07 Å². The summed E-state index contributed by atoms with van der Waals surface area (Å²) in [6.45, 7) is 7.55. The minimum atomic E-state index is -4.67. The first-order chi connectivity index (χ1) is 12.9. The van der Waals surface area contributed by atoms with Crippen LogP contribution in [0.2, 0.25) is 5.02 Å². The van der Waals surface area contributed by atoms with E-state index in [-0.39, 0.29) is 5.69 Å². The first-order valence-electron chi connectivity index (χ1n) is 8.46. The Labute approximate surface area is 166 Å². The summed E-state index contributed by atoms with van der Waals surface area (Å²) in [6.07, 6.45) is -4.67. The molecule has 2 amide bonds. The number of benzene rings is 2. The lowest BCUT2D eigenvalue weighted by Gasteiger charge is -2.18. The molecule has 2 rings (SSSR count). The first kappa shape index (κ1) is 21.8. The van der Waals surface area contributed by atoms with Gasteiger partial charge in [-0.05, 0) is 68.1 Å². The average Bonchev–Trinajstić information content (AvgIpc) is 2.58. The highest BCUT2D eigenvalue weighted by Crippen LogP contribution is 2.36. The number of hydrogen-bond acceptors (Lipinski definition) is 2. The van der Waals surface area contributed by atoms with Crippen molar-refractivity contribution < 1.29 is 22.8 Å². The minimum Gasteiger partial charge on any atom is -0.341 e. The largest absolute Gasteiger partial charge is 0.417 e. The Morgan fingerprint density at radius 2 is 1.57 bits per heavy atom. The number of anilines is 1. The lowest BCUT2D eigenvalue weighted by molar-refractivity contribution is -0.137. The molecule has 0 aliphatic heterocycles. The van der Waals surface area contributed by atoms with Crippen LogP contribution in [-0.4, -0.2) is 11.8 Å². The molecular formula is C20H20ClF3N2O2. The van der Waals surface area contributed by atoms with E-state index in [4.69, 9.17) is 11.6 Å². The van der Waals surface area contributed by atoms with Crippen LogP contribution in [0.3, 0.4) is 0 Å². The number of aryl methyl sites for hydroxylation is 3. The standard InChI is InChI=1S/C20H20ClF3N2O2/c1-10-7-12(3)15(8-11(10)2)13(4)25-18(27)19(28)26-14-5-6-17(21)16(9-14)20(22,23)24/h5-9,13H,1-4H3,(H,25,27)(H,26,28). The summed E-state index contributed by atoms with van der Waals surface area (Å²) in [5.74, 6) is -2.02. The van der Waals surface area contributed by atoms with Crippen molar-refractivity contribution in [3.8, 4) is 0 Å². The monoisotopic (exact) mass is 412 g/mol. The quantitative estimate of drug-likeness (QED) is 0.689. The maximum atomic E-state index is 12.9. The highest BCUT2D eigenvalue weighted by Gasteiger charge is 2.33. The number of hydrogen-bond donors (Lipinski definition) is 2. The van der Waals surface area contributed by atoms with Crippen molar-refractivity contribution in [2.75, 3.05) is 5.32 Å². The molecule has 0 radical (unpaired) electrons. The summed E-state index contributed by atoms with van der Waals surface area (Å²) in [6, 6.07) is 6.36. The predicted octanol–water partition coefficient (Wildman–Crippen LogP) is 5.10. The molecule has 2 N–H and O–H groups in total. The normalized spacial score (nSPS) is 12.4. The summed E-state index contributed by atoms with van der Waals surface area (Å²) in [5.41, 5.74) is 2.71. The van der Waals surface area contributed by atoms with Crippen molar-refractivity contribution in [3.63, 3.8) is 0 Å². The molecule has 0 aromatic heterocycles. The number of amides is 2. The van der Waals surface area contributed by atoms with Gasteiger partial charge < -0.3 is 10.6 Å². The van der Waals surface area contributed by atoms with Gasteiger partial charge >= 0.3 is 18.0 Å². The van der Waals surface area contributed by atoms with Gasteiger partial charge in [0.2, 0.25) is 0 Å². The molecule has 8 heteroatoms. The molecular weight excluding hydrogens is 393 g/mol. The van der Waals surface area contributed by atoms with Crippen LogP contribution in [0, 0.1) is 20.8 Å². The fourth-order valence-electron chi connectivity index (χ4n) is 2.80. The Morgan fingerprint density at radius 3 is 2.18 bits per heavy atom. The molecule has 2 aromatic rings. The highest BCUT2D eigenvalue weighted by molar-refractivity contribution is 6.39. The van der Waals surface area contributed by atoms with Gasteiger partial charge in [0, 0.05) is 5.69 Å². The number of carbonyl (C=O) groups excluding carboxylic acids is 2. The molecule has 0 fully saturated rings. The Hall–Kier alpha value is -2.54. The minimum absolute atomic E-state index is 0.174. The molecule has 28 heavy (non-hydrogen) atoms. The molecule has 0 aliphatic carbocycles. The molecule has 2 aromatic carbocycles. The fraction of sp³-hybridized carbons (Fsp3) is 0.300. The number of halogens is 4.